The van der Waals surface area contributed by atoms with Crippen LogP contribution in [-0.2, 0) is 11.2 Å². The molecule has 1 unspecified atom stereocenters. The molecule has 0 spiro atoms. The van der Waals surface area contributed by atoms with Crippen molar-refractivity contribution in [1.82, 2.24) is 10.3 Å². The molecule has 21 heavy (non-hydrogen) atoms. The van der Waals surface area contributed by atoms with E-state index in [1.54, 1.807) is 6.20 Å². The zero-order chi connectivity index (χ0) is 15.1. The Morgan fingerprint density at radius 3 is 2.67 bits per heavy atom. The number of amides is 1. The van der Waals surface area contributed by atoms with E-state index in [1.807, 2.05) is 56.4 Å². The van der Waals surface area contributed by atoms with Crippen LogP contribution in [0.25, 0.3) is 0 Å². The number of nitrogens with one attached hydrogen (secondary N) is 2. The number of aryl methyl sites for hydroxylation is 1. The lowest BCUT2D eigenvalue weighted by Crippen LogP contribution is -2.39. The Labute approximate surface area is 125 Å². The summed E-state index contributed by atoms with van der Waals surface area (Å²) in [7, 11) is 0. The van der Waals surface area contributed by atoms with Crippen molar-refractivity contribution >= 4 is 11.6 Å². The summed E-state index contributed by atoms with van der Waals surface area (Å²) in [5, 5.41) is 6.13. The molecule has 2 aromatic rings. The molecule has 0 radical (unpaired) electrons. The number of aromatic nitrogens is 1. The van der Waals surface area contributed by atoms with Crippen molar-refractivity contribution in [2.45, 2.75) is 26.3 Å². The molecule has 1 amide bonds. The largest absolute Gasteiger partial charge is 0.325 e. The third kappa shape index (κ3) is 5.00. The first kappa shape index (κ1) is 15.2. The van der Waals surface area contributed by atoms with E-state index in [0.29, 0.717) is 0 Å². The van der Waals surface area contributed by atoms with E-state index in [4.69, 9.17) is 0 Å². The smallest absolute Gasteiger partial charge is 0.241 e. The molecule has 4 heteroatoms. The molecular weight excluding hydrogens is 262 g/mol. The van der Waals surface area contributed by atoms with Crippen LogP contribution in [0.3, 0.4) is 0 Å². The molecular formula is C17H21N3O. The number of carbonyl (C=O) groups excluding carboxylic acids is 1. The zero-order valence-electron chi connectivity index (χ0n) is 12.5. The summed E-state index contributed by atoms with van der Waals surface area (Å²) in [4.78, 5) is 16.1. The molecule has 0 aliphatic heterocycles. The highest BCUT2D eigenvalue weighted by atomic mass is 16.2. The number of hydrogen-bond donors (Lipinski definition) is 2. The number of nitrogens with zero attached hydrogens (tertiary/aromatic N) is 1. The lowest BCUT2D eigenvalue weighted by Gasteiger charge is -2.14. The van der Waals surface area contributed by atoms with Crippen LogP contribution < -0.4 is 10.6 Å². The first-order valence-corrected chi connectivity index (χ1v) is 7.15. The normalized spacial score (nSPS) is 11.9. The zero-order valence-corrected chi connectivity index (χ0v) is 12.5. The quantitative estimate of drug-likeness (QED) is 0.856. The second kappa shape index (κ2) is 7.55. The van der Waals surface area contributed by atoms with Crippen LogP contribution in [0.1, 0.15) is 18.1 Å². The van der Waals surface area contributed by atoms with Gasteiger partial charge in [0.2, 0.25) is 5.91 Å². The van der Waals surface area contributed by atoms with Gasteiger partial charge in [-0.05, 0) is 50.6 Å². The fourth-order valence-electron chi connectivity index (χ4n) is 1.96. The third-order valence-electron chi connectivity index (χ3n) is 3.30. The summed E-state index contributed by atoms with van der Waals surface area (Å²) < 4.78 is 0. The minimum absolute atomic E-state index is 0.0231. The number of carbonyl (C=O) groups is 1. The van der Waals surface area contributed by atoms with Crippen LogP contribution in [0.4, 0.5) is 5.69 Å². The van der Waals surface area contributed by atoms with Gasteiger partial charge < -0.3 is 10.6 Å². The van der Waals surface area contributed by atoms with Gasteiger partial charge in [-0.15, -0.1) is 0 Å². The molecule has 0 saturated carbocycles. The topological polar surface area (TPSA) is 54.0 Å². The van der Waals surface area contributed by atoms with Gasteiger partial charge >= 0.3 is 0 Å². The van der Waals surface area contributed by atoms with Crippen molar-refractivity contribution in [1.29, 1.82) is 0 Å². The molecule has 1 aromatic heterocycles. The van der Waals surface area contributed by atoms with Crippen LogP contribution in [0.2, 0.25) is 0 Å². The van der Waals surface area contributed by atoms with Gasteiger partial charge in [-0.3, -0.25) is 9.78 Å². The van der Waals surface area contributed by atoms with Crippen molar-refractivity contribution in [3.63, 3.8) is 0 Å². The molecule has 2 N–H and O–H groups in total. The fourth-order valence-corrected chi connectivity index (χ4v) is 1.96. The van der Waals surface area contributed by atoms with Crippen molar-refractivity contribution in [2.24, 2.45) is 0 Å². The Morgan fingerprint density at radius 2 is 2.00 bits per heavy atom. The fraction of sp³-hybridized carbons (Fsp3) is 0.294. The van der Waals surface area contributed by atoms with Crippen LogP contribution >= 0.6 is 0 Å². The van der Waals surface area contributed by atoms with E-state index in [-0.39, 0.29) is 11.9 Å². The monoisotopic (exact) mass is 283 g/mol. The van der Waals surface area contributed by atoms with Gasteiger partial charge in [0.15, 0.2) is 0 Å². The standard InChI is InChI=1S/C17H21N3O/c1-13-5-7-16(8-6-13)20-17(21)14(2)19-11-9-15-4-3-10-18-12-15/h3-8,10,12,14,19H,9,11H2,1-2H3,(H,20,21). The van der Waals surface area contributed by atoms with E-state index in [2.05, 4.69) is 15.6 Å². The van der Waals surface area contributed by atoms with Gasteiger partial charge in [0, 0.05) is 18.1 Å². The number of hydrogen-bond acceptors (Lipinski definition) is 3. The van der Waals surface area contributed by atoms with Crippen LogP contribution in [0.5, 0.6) is 0 Å². The molecule has 1 atom stereocenters. The molecule has 0 aliphatic carbocycles. The van der Waals surface area contributed by atoms with E-state index >= 15 is 0 Å². The second-order valence-corrected chi connectivity index (χ2v) is 5.14. The Hall–Kier alpha value is -2.20. The van der Waals surface area contributed by atoms with E-state index < -0.39 is 0 Å². The van der Waals surface area contributed by atoms with Gasteiger partial charge in [0.05, 0.1) is 6.04 Å². The van der Waals surface area contributed by atoms with Gasteiger partial charge in [-0.1, -0.05) is 23.8 Å². The highest BCUT2D eigenvalue weighted by molar-refractivity contribution is 5.94. The number of benzene rings is 1. The molecule has 0 bridgehead atoms. The van der Waals surface area contributed by atoms with Crippen molar-refractivity contribution in [3.8, 4) is 0 Å². The average Bonchev–Trinajstić information content (AvgIpc) is 2.50. The first-order valence-electron chi connectivity index (χ1n) is 7.15. The molecule has 110 valence electrons. The summed E-state index contributed by atoms with van der Waals surface area (Å²) in [6.07, 6.45) is 4.46. The van der Waals surface area contributed by atoms with Crippen LogP contribution in [-0.4, -0.2) is 23.5 Å². The highest BCUT2D eigenvalue weighted by Gasteiger charge is 2.11. The number of rotatable bonds is 6. The third-order valence-corrected chi connectivity index (χ3v) is 3.30. The predicted octanol–water partition coefficient (Wildman–Crippen LogP) is 2.55. The Balaban J connectivity index is 1.76. The lowest BCUT2D eigenvalue weighted by molar-refractivity contribution is -0.117. The van der Waals surface area contributed by atoms with E-state index in [9.17, 15) is 4.79 Å². The van der Waals surface area contributed by atoms with Crippen molar-refractivity contribution in [3.05, 3.63) is 59.9 Å². The summed E-state index contributed by atoms with van der Waals surface area (Å²) in [5.41, 5.74) is 3.17. The Morgan fingerprint density at radius 1 is 1.24 bits per heavy atom. The molecule has 0 saturated heterocycles. The molecule has 0 fully saturated rings. The lowest BCUT2D eigenvalue weighted by atomic mass is 10.2. The number of pyridine rings is 1. The summed E-state index contributed by atoms with van der Waals surface area (Å²) in [6.45, 7) is 4.63. The highest BCUT2D eigenvalue weighted by Crippen LogP contribution is 2.08. The van der Waals surface area contributed by atoms with Gasteiger partial charge in [-0.25, -0.2) is 0 Å². The second-order valence-electron chi connectivity index (χ2n) is 5.14. The first-order chi connectivity index (χ1) is 10.1. The minimum Gasteiger partial charge on any atom is -0.325 e. The molecule has 0 aliphatic rings. The average molecular weight is 283 g/mol. The van der Waals surface area contributed by atoms with Crippen LogP contribution in [0.15, 0.2) is 48.8 Å². The van der Waals surface area contributed by atoms with E-state index in [1.165, 1.54) is 5.56 Å². The Kier molecular flexibility index (Phi) is 5.46. The maximum absolute atomic E-state index is 12.1. The van der Waals surface area contributed by atoms with Crippen LogP contribution in [0, 0.1) is 6.92 Å². The number of anilines is 1. The molecule has 1 aromatic carbocycles. The van der Waals surface area contributed by atoms with Crippen molar-refractivity contribution in [2.75, 3.05) is 11.9 Å². The Bertz CT molecular complexity index is 566. The maximum Gasteiger partial charge on any atom is 0.241 e. The van der Waals surface area contributed by atoms with Gasteiger partial charge in [0.1, 0.15) is 0 Å². The molecule has 2 rings (SSSR count). The van der Waals surface area contributed by atoms with E-state index in [0.717, 1.165) is 24.2 Å². The summed E-state index contributed by atoms with van der Waals surface area (Å²) in [6, 6.07) is 11.5. The predicted molar refractivity (Wildman–Crippen MR) is 85.2 cm³/mol. The molecule has 1 heterocycles. The van der Waals surface area contributed by atoms with Gasteiger partial charge in [0.25, 0.3) is 0 Å². The minimum atomic E-state index is -0.233. The SMILES string of the molecule is Cc1ccc(NC(=O)C(C)NCCc2cccnc2)cc1. The molecule has 4 nitrogen and oxygen atoms in total. The maximum atomic E-state index is 12.1. The summed E-state index contributed by atoms with van der Waals surface area (Å²) in [5.74, 6) is -0.0231. The van der Waals surface area contributed by atoms with Crippen molar-refractivity contribution < 1.29 is 4.79 Å². The summed E-state index contributed by atoms with van der Waals surface area (Å²) >= 11 is 0. The van der Waals surface area contributed by atoms with Gasteiger partial charge in [-0.2, -0.15) is 0 Å².